The quantitative estimate of drug-likeness (QED) is 0.723. The summed E-state index contributed by atoms with van der Waals surface area (Å²) >= 11 is 6.72. The summed E-state index contributed by atoms with van der Waals surface area (Å²) in [5.74, 6) is -0.101. The molecule has 4 nitrogen and oxygen atoms in total. The molecule has 1 aromatic carbocycles. The average Bonchev–Trinajstić information content (AvgIpc) is 2.32. The summed E-state index contributed by atoms with van der Waals surface area (Å²) in [6.45, 7) is 2.58. The molecule has 6 heteroatoms. The van der Waals surface area contributed by atoms with E-state index in [2.05, 4.69) is 42.1 Å². The van der Waals surface area contributed by atoms with Crippen molar-refractivity contribution in [3.63, 3.8) is 0 Å². The number of nitrogens with zero attached hydrogens (tertiary/aromatic N) is 1. The maximum atomic E-state index is 11.9. The van der Waals surface area contributed by atoms with Gasteiger partial charge in [0, 0.05) is 22.0 Å². The molecule has 0 radical (unpaired) electrons. The number of carbonyl (C=O) groups excluding carboxylic acids is 1. The molecule has 0 fully saturated rings. The number of hydrogen-bond donors (Lipinski definition) is 1. The third-order valence-corrected chi connectivity index (χ3v) is 3.54. The van der Waals surface area contributed by atoms with E-state index in [0.717, 1.165) is 15.5 Å². The van der Waals surface area contributed by atoms with Crippen molar-refractivity contribution in [2.45, 2.75) is 0 Å². The summed E-state index contributed by atoms with van der Waals surface area (Å²) in [5.41, 5.74) is 0.622. The normalized spacial score (nSPS) is 10.8. The Hall–Kier alpha value is -0.430. The van der Waals surface area contributed by atoms with Crippen molar-refractivity contribution >= 4 is 37.8 Å². The van der Waals surface area contributed by atoms with Gasteiger partial charge in [-0.1, -0.05) is 15.9 Å². The van der Waals surface area contributed by atoms with Gasteiger partial charge in [-0.15, -0.1) is 0 Å². The molecule has 0 aliphatic rings. The van der Waals surface area contributed by atoms with Gasteiger partial charge in [0.1, 0.15) is 0 Å². The molecule has 0 heterocycles. The molecule has 0 aliphatic heterocycles. The third kappa shape index (κ3) is 6.51. The lowest BCUT2D eigenvalue weighted by Crippen LogP contribution is -2.28. The van der Waals surface area contributed by atoms with Gasteiger partial charge in [-0.2, -0.15) is 0 Å². The maximum absolute atomic E-state index is 11.9. The summed E-state index contributed by atoms with van der Waals surface area (Å²) in [7, 11) is 3.99. The Morgan fingerprint density at radius 3 is 2.68 bits per heavy atom. The van der Waals surface area contributed by atoms with Gasteiger partial charge < -0.3 is 15.0 Å². The Labute approximate surface area is 130 Å². The number of hydrogen-bond acceptors (Lipinski definition) is 3. The van der Waals surface area contributed by atoms with Crippen LogP contribution in [0.1, 0.15) is 10.4 Å². The highest BCUT2D eigenvalue weighted by Gasteiger charge is 2.09. The molecule has 106 valence electrons. The number of likely N-dealkylation sites (N-methyl/N-ethyl adjacent to an activating group) is 1. The molecule has 1 aromatic rings. The Balaban J connectivity index is 2.28. The van der Waals surface area contributed by atoms with Gasteiger partial charge in [0.2, 0.25) is 0 Å². The summed E-state index contributed by atoms with van der Waals surface area (Å²) in [6, 6.07) is 5.46. The monoisotopic (exact) mass is 392 g/mol. The zero-order valence-corrected chi connectivity index (χ0v) is 14.3. The summed E-state index contributed by atoms with van der Waals surface area (Å²) < 4.78 is 7.11. The predicted octanol–water partition coefficient (Wildman–Crippen LogP) is 2.52. The fraction of sp³-hybridized carbons (Fsp3) is 0.462. The molecule has 1 rings (SSSR count). The van der Waals surface area contributed by atoms with E-state index in [9.17, 15) is 4.79 Å². The smallest absolute Gasteiger partial charge is 0.252 e. The van der Waals surface area contributed by atoms with Crippen LogP contribution >= 0.6 is 31.9 Å². The van der Waals surface area contributed by atoms with Gasteiger partial charge in [0.05, 0.1) is 18.8 Å². The zero-order valence-electron chi connectivity index (χ0n) is 11.1. The van der Waals surface area contributed by atoms with E-state index < -0.39 is 0 Å². The highest BCUT2D eigenvalue weighted by Crippen LogP contribution is 2.21. The van der Waals surface area contributed by atoms with Gasteiger partial charge in [-0.05, 0) is 48.2 Å². The molecule has 0 spiro atoms. The van der Waals surface area contributed by atoms with Crippen LogP contribution in [-0.4, -0.2) is 51.2 Å². The minimum Gasteiger partial charge on any atom is -0.378 e. The molecule has 0 unspecified atom stereocenters. The first-order valence-electron chi connectivity index (χ1n) is 5.96. The molecule has 0 aromatic heterocycles. The van der Waals surface area contributed by atoms with E-state index in [-0.39, 0.29) is 5.91 Å². The predicted molar refractivity (Wildman–Crippen MR) is 83.5 cm³/mol. The van der Waals surface area contributed by atoms with Gasteiger partial charge in [0.15, 0.2) is 0 Å². The second-order valence-corrected chi connectivity index (χ2v) is 6.07. The van der Waals surface area contributed by atoms with Crippen LogP contribution in [0, 0.1) is 0 Å². The summed E-state index contributed by atoms with van der Waals surface area (Å²) in [5, 5.41) is 2.82. The van der Waals surface area contributed by atoms with Crippen LogP contribution in [0.2, 0.25) is 0 Å². The Morgan fingerprint density at radius 1 is 1.32 bits per heavy atom. The fourth-order valence-electron chi connectivity index (χ4n) is 1.35. The van der Waals surface area contributed by atoms with Gasteiger partial charge >= 0.3 is 0 Å². The van der Waals surface area contributed by atoms with E-state index in [4.69, 9.17) is 4.74 Å². The first-order chi connectivity index (χ1) is 9.00. The minimum absolute atomic E-state index is 0.101. The van der Waals surface area contributed by atoms with Crippen LogP contribution in [0.25, 0.3) is 0 Å². The van der Waals surface area contributed by atoms with Crippen molar-refractivity contribution in [1.82, 2.24) is 10.2 Å². The molecule has 0 saturated carbocycles. The Morgan fingerprint density at radius 2 is 2.05 bits per heavy atom. The molecule has 0 aliphatic carbocycles. The third-order valence-electron chi connectivity index (χ3n) is 2.39. The molecule has 1 N–H and O–H groups in total. The number of rotatable bonds is 7. The maximum Gasteiger partial charge on any atom is 0.252 e. The minimum atomic E-state index is -0.101. The fourth-order valence-corrected chi connectivity index (χ4v) is 2.58. The Kier molecular flexibility index (Phi) is 7.60. The standard InChI is InChI=1S/C13H18Br2N2O2/c1-17(2)6-8-19-7-5-16-13(18)11-4-3-10(14)9-12(11)15/h3-4,9H,5-8H2,1-2H3,(H,16,18). The molecular formula is C13H18Br2N2O2. The lowest BCUT2D eigenvalue weighted by molar-refractivity contribution is 0.0899. The van der Waals surface area contributed by atoms with E-state index in [1.165, 1.54) is 0 Å². The lowest BCUT2D eigenvalue weighted by Gasteiger charge is -2.10. The SMILES string of the molecule is CN(C)CCOCCNC(=O)c1ccc(Br)cc1Br. The Bertz CT molecular complexity index is 425. The van der Waals surface area contributed by atoms with E-state index in [1.54, 1.807) is 6.07 Å². The average molecular weight is 394 g/mol. The van der Waals surface area contributed by atoms with E-state index in [0.29, 0.717) is 25.3 Å². The first kappa shape index (κ1) is 16.6. The van der Waals surface area contributed by atoms with Crippen LogP contribution < -0.4 is 5.32 Å². The number of nitrogens with one attached hydrogen (secondary N) is 1. The van der Waals surface area contributed by atoms with Crippen molar-refractivity contribution in [3.8, 4) is 0 Å². The molecule has 19 heavy (non-hydrogen) atoms. The summed E-state index contributed by atoms with van der Waals surface area (Å²) in [6.07, 6.45) is 0. The largest absolute Gasteiger partial charge is 0.378 e. The van der Waals surface area contributed by atoms with Crippen LogP contribution in [-0.2, 0) is 4.74 Å². The highest BCUT2D eigenvalue weighted by atomic mass is 79.9. The van der Waals surface area contributed by atoms with Crippen LogP contribution in [0.3, 0.4) is 0 Å². The topological polar surface area (TPSA) is 41.6 Å². The highest BCUT2D eigenvalue weighted by molar-refractivity contribution is 9.11. The van der Waals surface area contributed by atoms with E-state index in [1.807, 2.05) is 26.2 Å². The second kappa shape index (κ2) is 8.68. The zero-order chi connectivity index (χ0) is 14.3. The van der Waals surface area contributed by atoms with Crippen LogP contribution in [0.4, 0.5) is 0 Å². The molecule has 0 bridgehead atoms. The number of amides is 1. The van der Waals surface area contributed by atoms with Crippen LogP contribution in [0.15, 0.2) is 27.1 Å². The van der Waals surface area contributed by atoms with Crippen molar-refractivity contribution in [2.75, 3.05) is 40.4 Å². The second-order valence-electron chi connectivity index (χ2n) is 4.30. The molecule has 1 amide bonds. The number of ether oxygens (including phenoxy) is 1. The van der Waals surface area contributed by atoms with E-state index >= 15 is 0 Å². The lowest BCUT2D eigenvalue weighted by atomic mass is 10.2. The van der Waals surface area contributed by atoms with Gasteiger partial charge in [-0.3, -0.25) is 4.79 Å². The molecule has 0 atom stereocenters. The number of halogens is 2. The van der Waals surface area contributed by atoms with Crippen molar-refractivity contribution in [3.05, 3.63) is 32.7 Å². The first-order valence-corrected chi connectivity index (χ1v) is 7.55. The van der Waals surface area contributed by atoms with Crippen molar-refractivity contribution in [2.24, 2.45) is 0 Å². The molecular weight excluding hydrogens is 376 g/mol. The number of carbonyl (C=O) groups is 1. The molecule has 0 saturated heterocycles. The van der Waals surface area contributed by atoms with Crippen molar-refractivity contribution < 1.29 is 9.53 Å². The number of benzene rings is 1. The van der Waals surface area contributed by atoms with Gasteiger partial charge in [0.25, 0.3) is 5.91 Å². The van der Waals surface area contributed by atoms with Crippen LogP contribution in [0.5, 0.6) is 0 Å². The van der Waals surface area contributed by atoms with Crippen molar-refractivity contribution in [1.29, 1.82) is 0 Å². The summed E-state index contributed by atoms with van der Waals surface area (Å²) in [4.78, 5) is 14.0. The van der Waals surface area contributed by atoms with Gasteiger partial charge in [-0.25, -0.2) is 0 Å².